The second-order valence-electron chi connectivity index (χ2n) is 7.92. The van der Waals surface area contributed by atoms with Crippen molar-refractivity contribution in [2.45, 2.75) is 58.9 Å². The Kier molecular flexibility index (Phi) is 6.02. The molecule has 1 atom stereocenters. The van der Waals surface area contributed by atoms with Crippen molar-refractivity contribution in [1.29, 1.82) is 0 Å². The van der Waals surface area contributed by atoms with Crippen molar-refractivity contribution in [2.24, 2.45) is 5.92 Å². The van der Waals surface area contributed by atoms with Crippen LogP contribution in [-0.4, -0.2) is 30.0 Å². The average Bonchev–Trinajstić information content (AvgIpc) is 2.25. The van der Waals surface area contributed by atoms with E-state index in [4.69, 9.17) is 4.43 Å². The van der Waals surface area contributed by atoms with Crippen molar-refractivity contribution in [2.75, 3.05) is 0 Å². The Morgan fingerprint density at radius 1 is 0.900 bits per heavy atom. The fourth-order valence-electron chi connectivity index (χ4n) is 2.55. The molecule has 0 saturated carbocycles. The molecule has 0 aliphatic carbocycles. The minimum atomic E-state index is -1.51. The van der Waals surface area contributed by atoms with Gasteiger partial charge in [-0.3, -0.25) is 0 Å². The topological polar surface area (TPSA) is 9.23 Å². The predicted octanol–water partition coefficient (Wildman–Crippen LogP) is 4.22. The maximum absolute atomic E-state index is 6.66. The first kappa shape index (κ1) is 17.9. The molecule has 0 aromatic heterocycles. The molecule has 0 spiro atoms. The van der Waals surface area contributed by atoms with Crippen LogP contribution in [0.2, 0.25) is 39.3 Å². The Morgan fingerprint density at radius 2 is 1.40 bits per heavy atom. The molecule has 0 aliphatic rings. The lowest BCUT2D eigenvalue weighted by molar-refractivity contribution is 0.217. The van der Waals surface area contributed by atoms with E-state index in [1.807, 2.05) is 0 Å². The summed E-state index contributed by atoms with van der Waals surface area (Å²) in [4.78, 5) is 0. The summed E-state index contributed by atoms with van der Waals surface area (Å²) in [7, 11) is -3.42. The molecule has 0 bridgehead atoms. The maximum Gasteiger partial charge on any atom is 0.183 e. The van der Waals surface area contributed by atoms with Gasteiger partial charge in [0.2, 0.25) is 0 Å². The quantitative estimate of drug-likeness (QED) is 0.712. The summed E-state index contributed by atoms with van der Waals surface area (Å²) >= 11 is 0. The third kappa shape index (κ3) is 5.31. The van der Waals surface area contributed by atoms with Crippen LogP contribution in [0.15, 0.2) is 30.3 Å². The molecule has 0 aliphatic heterocycles. The van der Waals surface area contributed by atoms with Crippen LogP contribution in [0.25, 0.3) is 0 Å². The van der Waals surface area contributed by atoms with Gasteiger partial charge in [-0.1, -0.05) is 69.0 Å². The van der Waals surface area contributed by atoms with Crippen molar-refractivity contribution in [3.8, 4) is 0 Å². The van der Waals surface area contributed by atoms with E-state index in [-0.39, 0.29) is 0 Å². The molecule has 0 fully saturated rings. The molecule has 1 aromatic carbocycles. The van der Waals surface area contributed by atoms with Gasteiger partial charge in [0.1, 0.15) is 8.31 Å². The first-order chi connectivity index (χ1) is 9.02. The lowest BCUT2D eigenvalue weighted by atomic mass is 10.2. The summed E-state index contributed by atoms with van der Waals surface area (Å²) in [5, 5.41) is 1.56. The molecule has 1 unspecified atom stereocenters. The second kappa shape index (κ2) is 6.73. The number of benzene rings is 1. The van der Waals surface area contributed by atoms with E-state index in [0.717, 1.165) is 0 Å². The minimum absolute atomic E-state index is 0.445. The van der Waals surface area contributed by atoms with Crippen LogP contribution < -0.4 is 5.19 Å². The molecule has 4 heteroatoms. The third-order valence-electron chi connectivity index (χ3n) is 3.26. The lowest BCUT2D eigenvalue weighted by Gasteiger charge is -2.40. The molecular formula is C16H31OSi3. The first-order valence-corrected chi connectivity index (χ1v) is 17.1. The standard InChI is InChI=1S/C16H31OSi3/c1-14(2)16(17-19(3,4)5)18(20(6,7)8)15-12-10-9-11-13-15/h9-14,16H,1-8H3. The van der Waals surface area contributed by atoms with Gasteiger partial charge in [-0.05, 0) is 25.6 Å². The van der Waals surface area contributed by atoms with E-state index in [1.54, 1.807) is 5.19 Å². The Hall–Kier alpha value is -0.169. The summed E-state index contributed by atoms with van der Waals surface area (Å²) in [5.74, 6) is 0.600. The van der Waals surface area contributed by atoms with Crippen LogP contribution in [0.5, 0.6) is 0 Å². The van der Waals surface area contributed by atoms with Crippen molar-refractivity contribution in [3.63, 3.8) is 0 Å². The third-order valence-corrected chi connectivity index (χ3v) is 15.0. The van der Waals surface area contributed by atoms with Gasteiger partial charge in [0.25, 0.3) is 0 Å². The molecule has 113 valence electrons. The van der Waals surface area contributed by atoms with Crippen LogP contribution >= 0.6 is 0 Å². The second-order valence-corrected chi connectivity index (χ2v) is 25.0. The van der Waals surface area contributed by atoms with E-state index in [2.05, 4.69) is 83.5 Å². The van der Waals surface area contributed by atoms with Crippen molar-refractivity contribution < 1.29 is 4.43 Å². The zero-order chi connectivity index (χ0) is 15.6. The van der Waals surface area contributed by atoms with E-state index in [0.29, 0.717) is 11.6 Å². The Labute approximate surface area is 129 Å². The van der Waals surface area contributed by atoms with Crippen molar-refractivity contribution >= 4 is 29.4 Å². The van der Waals surface area contributed by atoms with Crippen LogP contribution in [0.3, 0.4) is 0 Å². The SMILES string of the molecule is CC(C)C(O[Si](C)(C)C)[Si](c1ccccc1)[Si](C)(C)C. The molecule has 1 aromatic rings. The highest BCUT2D eigenvalue weighted by Crippen LogP contribution is 2.22. The highest BCUT2D eigenvalue weighted by molar-refractivity contribution is 7.37. The highest BCUT2D eigenvalue weighted by atomic mass is 29.2. The summed E-state index contributed by atoms with van der Waals surface area (Å²) < 4.78 is 6.66. The Balaban J connectivity index is 3.20. The van der Waals surface area contributed by atoms with Gasteiger partial charge in [0.05, 0.1) is 0 Å². The van der Waals surface area contributed by atoms with Gasteiger partial charge in [-0.25, -0.2) is 0 Å². The predicted molar refractivity (Wildman–Crippen MR) is 98.2 cm³/mol. The van der Waals surface area contributed by atoms with Crippen molar-refractivity contribution in [1.82, 2.24) is 0 Å². The lowest BCUT2D eigenvalue weighted by Crippen LogP contribution is -2.63. The molecular weight excluding hydrogens is 292 g/mol. The fraction of sp³-hybridized carbons (Fsp3) is 0.625. The van der Waals surface area contributed by atoms with Crippen LogP contribution in [-0.2, 0) is 4.43 Å². The van der Waals surface area contributed by atoms with Gasteiger partial charge >= 0.3 is 0 Å². The van der Waals surface area contributed by atoms with Crippen LogP contribution in [0, 0.1) is 5.92 Å². The van der Waals surface area contributed by atoms with Gasteiger partial charge in [-0.2, -0.15) is 0 Å². The summed E-state index contributed by atoms with van der Waals surface area (Å²) in [6, 6.07) is 11.2. The van der Waals surface area contributed by atoms with Crippen molar-refractivity contribution in [3.05, 3.63) is 30.3 Å². The summed E-state index contributed by atoms with van der Waals surface area (Å²) in [5.41, 5.74) is 0.445. The highest BCUT2D eigenvalue weighted by Gasteiger charge is 2.40. The van der Waals surface area contributed by atoms with Gasteiger partial charge in [-0.15, -0.1) is 0 Å². The van der Waals surface area contributed by atoms with E-state index in [1.165, 1.54) is 0 Å². The van der Waals surface area contributed by atoms with E-state index in [9.17, 15) is 0 Å². The molecule has 0 heterocycles. The summed E-state index contributed by atoms with van der Waals surface area (Å²) in [6.45, 7) is 19.1. The normalized spacial score (nSPS) is 14.9. The van der Waals surface area contributed by atoms with Gasteiger partial charge in [0.15, 0.2) is 8.32 Å². The van der Waals surface area contributed by atoms with E-state index < -0.39 is 24.2 Å². The zero-order valence-corrected chi connectivity index (χ0v) is 17.4. The van der Waals surface area contributed by atoms with Gasteiger partial charge < -0.3 is 4.43 Å². The van der Waals surface area contributed by atoms with Crippen LogP contribution in [0.4, 0.5) is 0 Å². The Bertz CT molecular complexity index is 404. The molecule has 1 rings (SSSR count). The van der Waals surface area contributed by atoms with Crippen LogP contribution in [0.1, 0.15) is 13.8 Å². The molecule has 0 amide bonds. The van der Waals surface area contributed by atoms with Gasteiger partial charge in [0, 0.05) is 13.3 Å². The molecule has 0 N–H and O–H groups in total. The average molecular weight is 324 g/mol. The molecule has 1 nitrogen and oxygen atoms in total. The minimum Gasteiger partial charge on any atom is -0.418 e. The maximum atomic E-state index is 6.66. The first-order valence-electron chi connectivity index (χ1n) is 7.63. The number of hydrogen-bond acceptors (Lipinski definition) is 1. The zero-order valence-electron chi connectivity index (χ0n) is 14.4. The number of rotatable bonds is 6. The Morgan fingerprint density at radius 3 is 1.75 bits per heavy atom. The smallest absolute Gasteiger partial charge is 0.183 e. The monoisotopic (exact) mass is 323 g/mol. The molecule has 0 saturated heterocycles. The largest absolute Gasteiger partial charge is 0.418 e. The number of hydrogen-bond donors (Lipinski definition) is 0. The molecule has 20 heavy (non-hydrogen) atoms. The fourth-order valence-corrected chi connectivity index (χ4v) is 15.6. The van der Waals surface area contributed by atoms with E-state index >= 15 is 0 Å². The molecule has 1 radical (unpaired) electrons. The summed E-state index contributed by atoms with van der Waals surface area (Å²) in [6.07, 6.45) is 0.